The number of aromatic nitrogens is 2. The van der Waals surface area contributed by atoms with E-state index in [1.165, 1.54) is 4.90 Å². The molecule has 9 nitrogen and oxygen atoms in total. The van der Waals surface area contributed by atoms with Gasteiger partial charge in [0, 0.05) is 29.5 Å². The van der Waals surface area contributed by atoms with Crippen LogP contribution in [0.25, 0.3) is 0 Å². The number of amides is 3. The van der Waals surface area contributed by atoms with E-state index in [1.54, 1.807) is 35.1 Å². The largest absolute Gasteiger partial charge is 0.497 e. The first-order valence-electron chi connectivity index (χ1n) is 16.1. The summed E-state index contributed by atoms with van der Waals surface area (Å²) in [6.45, 7) is 6.13. The fraction of sp³-hybridized carbons (Fsp3) is 0.231. The number of hydrogen-bond donors (Lipinski definition) is 0. The molecule has 1 aromatic heterocycles. The molecule has 0 saturated carbocycles. The first-order chi connectivity index (χ1) is 23.2. The molecule has 0 radical (unpaired) electrons. The second kappa shape index (κ2) is 14.0. The van der Waals surface area contributed by atoms with Crippen molar-refractivity contribution >= 4 is 40.5 Å². The highest BCUT2D eigenvalue weighted by Gasteiger charge is 2.42. The molecule has 1 unspecified atom stereocenters. The van der Waals surface area contributed by atoms with Gasteiger partial charge in [0.25, 0.3) is 0 Å². The molecular formula is C39H39N5O4. The molecular weight excluding hydrogens is 602 g/mol. The van der Waals surface area contributed by atoms with Crippen LogP contribution in [0.2, 0.25) is 0 Å². The number of aryl methyl sites for hydroxylation is 1. The van der Waals surface area contributed by atoms with Gasteiger partial charge in [-0.25, -0.2) is 0 Å². The minimum absolute atomic E-state index is 0.0781. The molecule has 3 amide bonds. The van der Waals surface area contributed by atoms with Crippen LogP contribution < -0.4 is 19.4 Å². The fourth-order valence-electron chi connectivity index (χ4n) is 6.24. The molecule has 6 rings (SSSR count). The van der Waals surface area contributed by atoms with Gasteiger partial charge in [-0.15, -0.1) is 0 Å². The van der Waals surface area contributed by atoms with Crippen molar-refractivity contribution in [2.24, 2.45) is 5.92 Å². The van der Waals surface area contributed by atoms with E-state index < -0.39 is 11.8 Å². The second-order valence-corrected chi connectivity index (χ2v) is 12.2. The molecule has 9 heteroatoms. The number of hydrogen-bond acceptors (Lipinski definition) is 5. The molecule has 48 heavy (non-hydrogen) atoms. The van der Waals surface area contributed by atoms with E-state index >= 15 is 0 Å². The van der Waals surface area contributed by atoms with Gasteiger partial charge in [-0.1, -0.05) is 60.7 Å². The van der Waals surface area contributed by atoms with Crippen LogP contribution in [0.3, 0.4) is 0 Å². The number of nitrogens with zero attached hydrogens (tertiary/aromatic N) is 5. The molecule has 0 N–H and O–H groups in total. The number of rotatable bonds is 10. The number of benzene rings is 4. The predicted molar refractivity (Wildman–Crippen MR) is 188 cm³/mol. The Kier molecular flexibility index (Phi) is 9.38. The molecule has 244 valence electrons. The van der Waals surface area contributed by atoms with Crippen LogP contribution in [0.5, 0.6) is 5.75 Å². The summed E-state index contributed by atoms with van der Waals surface area (Å²) >= 11 is 0. The lowest BCUT2D eigenvalue weighted by Gasteiger charge is -2.31. The fourth-order valence-corrected chi connectivity index (χ4v) is 6.24. The van der Waals surface area contributed by atoms with E-state index in [1.807, 2.05) is 123 Å². The molecule has 0 fully saturated rings. The molecule has 2 heterocycles. The zero-order chi connectivity index (χ0) is 33.8. The summed E-state index contributed by atoms with van der Waals surface area (Å²) in [6, 6.07) is 35.5. The summed E-state index contributed by atoms with van der Waals surface area (Å²) in [6.07, 6.45) is 0.0781. The van der Waals surface area contributed by atoms with Gasteiger partial charge in [0.2, 0.25) is 17.7 Å². The molecule has 0 spiro atoms. The Hall–Kier alpha value is -5.70. The minimum atomic E-state index is -1.13. The SMILES string of the molecule is COc1ccc(N(C(=O)CN2C(=O)C(Cc3cc(C)n(Cc4ccccc4)n3)C(=O)N(c3ccccc3)c3ccccc32)C(C)C)cc1. The Bertz CT molecular complexity index is 1900. The highest BCUT2D eigenvalue weighted by atomic mass is 16.5. The number of ether oxygens (including phenoxy) is 1. The van der Waals surface area contributed by atoms with Gasteiger partial charge >= 0.3 is 0 Å². The quantitative estimate of drug-likeness (QED) is 0.161. The number of para-hydroxylation sites is 3. The van der Waals surface area contributed by atoms with Crippen LogP contribution in [-0.4, -0.2) is 47.2 Å². The molecule has 0 bridgehead atoms. The Morgan fingerprint density at radius 2 is 1.46 bits per heavy atom. The highest BCUT2D eigenvalue weighted by Crippen LogP contribution is 2.40. The Balaban J connectivity index is 1.39. The van der Waals surface area contributed by atoms with E-state index in [9.17, 15) is 14.4 Å². The molecule has 1 atom stereocenters. The zero-order valence-corrected chi connectivity index (χ0v) is 27.6. The van der Waals surface area contributed by atoms with Crippen LogP contribution in [0.4, 0.5) is 22.7 Å². The zero-order valence-electron chi connectivity index (χ0n) is 27.6. The summed E-state index contributed by atoms with van der Waals surface area (Å²) in [5.74, 6) is -1.55. The highest BCUT2D eigenvalue weighted by molar-refractivity contribution is 6.21. The maximum Gasteiger partial charge on any atom is 0.247 e. The smallest absolute Gasteiger partial charge is 0.247 e. The summed E-state index contributed by atoms with van der Waals surface area (Å²) in [4.78, 5) is 48.2. The molecule has 0 aliphatic carbocycles. The first-order valence-corrected chi connectivity index (χ1v) is 16.1. The van der Waals surface area contributed by atoms with Crippen molar-refractivity contribution < 1.29 is 19.1 Å². The van der Waals surface area contributed by atoms with Gasteiger partial charge < -0.3 is 14.5 Å². The van der Waals surface area contributed by atoms with Gasteiger partial charge in [0.15, 0.2) is 0 Å². The number of carbonyl (C=O) groups is 3. The topological polar surface area (TPSA) is 88.0 Å². The minimum Gasteiger partial charge on any atom is -0.497 e. The van der Waals surface area contributed by atoms with Crippen LogP contribution in [-0.2, 0) is 27.3 Å². The lowest BCUT2D eigenvalue weighted by Crippen LogP contribution is -2.48. The van der Waals surface area contributed by atoms with Crippen LogP contribution >= 0.6 is 0 Å². The van der Waals surface area contributed by atoms with Crippen LogP contribution in [0.1, 0.15) is 30.8 Å². The van der Waals surface area contributed by atoms with Gasteiger partial charge in [-0.05, 0) is 80.9 Å². The number of anilines is 4. The van der Waals surface area contributed by atoms with Gasteiger partial charge in [0.05, 0.1) is 30.7 Å². The van der Waals surface area contributed by atoms with E-state index in [0.29, 0.717) is 40.7 Å². The van der Waals surface area contributed by atoms with Gasteiger partial charge in [-0.3, -0.25) is 24.0 Å². The third-order valence-corrected chi connectivity index (χ3v) is 8.56. The van der Waals surface area contributed by atoms with Crippen LogP contribution in [0, 0.1) is 12.8 Å². The van der Waals surface area contributed by atoms with E-state index in [-0.39, 0.29) is 30.8 Å². The number of fused-ring (bicyclic) bond motifs is 1. The number of carbonyl (C=O) groups excluding carboxylic acids is 3. The molecule has 1 aliphatic rings. The summed E-state index contributed by atoms with van der Waals surface area (Å²) < 4.78 is 7.20. The Morgan fingerprint density at radius 3 is 2.10 bits per heavy atom. The maximum absolute atomic E-state index is 14.7. The Labute approximate surface area is 281 Å². The van der Waals surface area contributed by atoms with Gasteiger partial charge in [0.1, 0.15) is 18.2 Å². The average Bonchev–Trinajstić information content (AvgIpc) is 3.41. The third kappa shape index (κ3) is 6.57. The standard InChI is InChI=1S/C39H39N5O4/c1-27(2)43(32-19-21-33(48-4)22-20-32)37(45)26-41-35-17-11-12-18-36(35)44(31-15-9-6-10-16-31)39(47)34(38(41)46)24-30-23-28(3)42(40-30)25-29-13-7-5-8-14-29/h5-23,27,34H,24-26H2,1-4H3. The summed E-state index contributed by atoms with van der Waals surface area (Å²) in [7, 11) is 1.59. The first kappa shape index (κ1) is 32.2. The number of methoxy groups -OCH3 is 1. The Morgan fingerprint density at radius 1 is 0.833 bits per heavy atom. The summed E-state index contributed by atoms with van der Waals surface area (Å²) in [5.41, 5.74) is 4.98. The lowest BCUT2D eigenvalue weighted by molar-refractivity contribution is -0.132. The summed E-state index contributed by atoms with van der Waals surface area (Å²) in [5, 5.41) is 4.83. The van der Waals surface area contributed by atoms with Crippen molar-refractivity contribution in [2.75, 3.05) is 28.4 Å². The molecule has 0 saturated heterocycles. The van der Waals surface area contributed by atoms with E-state index in [4.69, 9.17) is 9.84 Å². The van der Waals surface area contributed by atoms with Crippen molar-refractivity contribution in [2.45, 2.75) is 39.8 Å². The molecule has 4 aromatic carbocycles. The van der Waals surface area contributed by atoms with E-state index in [2.05, 4.69) is 0 Å². The van der Waals surface area contributed by atoms with Crippen molar-refractivity contribution in [3.63, 3.8) is 0 Å². The molecule has 1 aliphatic heterocycles. The van der Waals surface area contributed by atoms with Gasteiger partial charge in [-0.2, -0.15) is 5.10 Å². The van der Waals surface area contributed by atoms with Crippen molar-refractivity contribution in [1.82, 2.24) is 9.78 Å². The second-order valence-electron chi connectivity index (χ2n) is 12.2. The monoisotopic (exact) mass is 641 g/mol. The predicted octanol–water partition coefficient (Wildman–Crippen LogP) is 6.56. The van der Waals surface area contributed by atoms with Crippen molar-refractivity contribution in [3.8, 4) is 5.75 Å². The maximum atomic E-state index is 14.7. The normalized spacial score (nSPS) is 14.6. The average molecular weight is 642 g/mol. The van der Waals surface area contributed by atoms with Crippen molar-refractivity contribution in [3.05, 3.63) is 132 Å². The lowest BCUT2D eigenvalue weighted by atomic mass is 9.99. The third-order valence-electron chi connectivity index (χ3n) is 8.56. The van der Waals surface area contributed by atoms with Crippen molar-refractivity contribution in [1.29, 1.82) is 0 Å². The van der Waals surface area contributed by atoms with E-state index in [0.717, 1.165) is 11.3 Å². The van der Waals surface area contributed by atoms with Crippen LogP contribution in [0.15, 0.2) is 115 Å². The molecule has 5 aromatic rings.